The summed E-state index contributed by atoms with van der Waals surface area (Å²) >= 11 is 0. The second-order valence-electron chi connectivity index (χ2n) is 4.27. The average Bonchev–Trinajstić information content (AvgIpc) is 2.42. The van der Waals surface area contributed by atoms with Crippen molar-refractivity contribution in [2.45, 2.75) is 20.4 Å². The van der Waals surface area contributed by atoms with E-state index in [4.69, 9.17) is 4.74 Å². The van der Waals surface area contributed by atoms with E-state index in [1.807, 2.05) is 38.1 Å². The second kappa shape index (κ2) is 7.71. The summed E-state index contributed by atoms with van der Waals surface area (Å²) in [5.41, 5.74) is 1.07. The molecule has 2 N–H and O–H groups in total. The van der Waals surface area contributed by atoms with Gasteiger partial charge in [-0.05, 0) is 24.2 Å². The van der Waals surface area contributed by atoms with Gasteiger partial charge in [0.1, 0.15) is 5.75 Å². The van der Waals surface area contributed by atoms with E-state index in [0.29, 0.717) is 13.1 Å². The molecule has 18 heavy (non-hydrogen) atoms. The zero-order valence-corrected chi connectivity index (χ0v) is 11.3. The molecule has 1 amide bonds. The third-order valence-corrected chi connectivity index (χ3v) is 2.77. The predicted octanol–water partition coefficient (Wildman–Crippen LogP) is 1.56. The molecule has 0 radical (unpaired) electrons. The summed E-state index contributed by atoms with van der Waals surface area (Å²) in [6.07, 6.45) is 0. The third-order valence-electron chi connectivity index (χ3n) is 2.77. The molecule has 1 atom stereocenters. The van der Waals surface area contributed by atoms with Crippen LogP contribution >= 0.6 is 0 Å². The molecule has 0 bridgehead atoms. The number of nitrogens with one attached hydrogen (secondary N) is 2. The maximum absolute atomic E-state index is 11.8. The molecule has 1 aromatic rings. The van der Waals surface area contributed by atoms with Gasteiger partial charge < -0.3 is 15.4 Å². The molecule has 0 saturated carbocycles. The Labute approximate surface area is 109 Å². The molecule has 0 heterocycles. The average molecular weight is 250 g/mol. The Kier molecular flexibility index (Phi) is 6.22. The Hall–Kier alpha value is -1.55. The standard InChI is InChI=1S/C14H22N2O2/c1-4-15-9-11(2)14(17)16-10-12-5-7-13(18-3)8-6-12/h5-8,11,15H,4,9-10H2,1-3H3,(H,16,17). The summed E-state index contributed by atoms with van der Waals surface area (Å²) < 4.78 is 5.08. The number of carbonyl (C=O) groups excluding carboxylic acids is 1. The highest BCUT2D eigenvalue weighted by Crippen LogP contribution is 2.11. The first-order valence-electron chi connectivity index (χ1n) is 6.28. The van der Waals surface area contributed by atoms with Gasteiger partial charge in [0.15, 0.2) is 0 Å². The summed E-state index contributed by atoms with van der Waals surface area (Å²) in [6, 6.07) is 7.69. The van der Waals surface area contributed by atoms with Crippen LogP contribution in [0.2, 0.25) is 0 Å². The minimum Gasteiger partial charge on any atom is -0.497 e. The number of hydrogen-bond acceptors (Lipinski definition) is 3. The molecule has 0 fully saturated rings. The molecule has 1 rings (SSSR count). The third kappa shape index (κ3) is 4.75. The molecule has 0 aromatic heterocycles. The topological polar surface area (TPSA) is 50.4 Å². The Bertz CT molecular complexity index is 363. The second-order valence-corrected chi connectivity index (χ2v) is 4.27. The molecule has 0 aliphatic rings. The van der Waals surface area contributed by atoms with E-state index in [9.17, 15) is 4.79 Å². The van der Waals surface area contributed by atoms with E-state index in [2.05, 4.69) is 10.6 Å². The van der Waals surface area contributed by atoms with Crippen LogP contribution in [0, 0.1) is 5.92 Å². The number of benzene rings is 1. The van der Waals surface area contributed by atoms with Crippen molar-refractivity contribution in [1.82, 2.24) is 10.6 Å². The van der Waals surface area contributed by atoms with Gasteiger partial charge in [0, 0.05) is 19.0 Å². The number of hydrogen-bond donors (Lipinski definition) is 2. The Morgan fingerprint density at radius 1 is 1.33 bits per heavy atom. The molecule has 100 valence electrons. The lowest BCUT2D eigenvalue weighted by Gasteiger charge is -2.12. The number of carbonyl (C=O) groups is 1. The van der Waals surface area contributed by atoms with Gasteiger partial charge in [-0.25, -0.2) is 0 Å². The van der Waals surface area contributed by atoms with E-state index in [1.165, 1.54) is 0 Å². The van der Waals surface area contributed by atoms with Crippen molar-refractivity contribution < 1.29 is 9.53 Å². The van der Waals surface area contributed by atoms with Gasteiger partial charge in [-0.15, -0.1) is 0 Å². The summed E-state index contributed by atoms with van der Waals surface area (Å²) in [5.74, 6) is 0.889. The van der Waals surface area contributed by atoms with Crippen LogP contribution in [0.4, 0.5) is 0 Å². The fraction of sp³-hybridized carbons (Fsp3) is 0.500. The Morgan fingerprint density at radius 3 is 2.56 bits per heavy atom. The maximum atomic E-state index is 11.8. The molecular formula is C14H22N2O2. The van der Waals surface area contributed by atoms with Crippen molar-refractivity contribution >= 4 is 5.91 Å². The van der Waals surface area contributed by atoms with Gasteiger partial charge >= 0.3 is 0 Å². The van der Waals surface area contributed by atoms with Crippen LogP contribution < -0.4 is 15.4 Å². The molecule has 0 aliphatic heterocycles. The van der Waals surface area contributed by atoms with Gasteiger partial charge in [0.25, 0.3) is 0 Å². The largest absolute Gasteiger partial charge is 0.497 e. The monoisotopic (exact) mass is 250 g/mol. The van der Waals surface area contributed by atoms with E-state index in [0.717, 1.165) is 17.9 Å². The lowest BCUT2D eigenvalue weighted by Crippen LogP contribution is -2.34. The zero-order valence-electron chi connectivity index (χ0n) is 11.3. The van der Waals surface area contributed by atoms with Crippen LogP contribution in [-0.2, 0) is 11.3 Å². The minimum absolute atomic E-state index is 0.0109. The van der Waals surface area contributed by atoms with Gasteiger partial charge in [-0.1, -0.05) is 26.0 Å². The first kappa shape index (κ1) is 14.5. The molecule has 4 nitrogen and oxygen atoms in total. The first-order chi connectivity index (χ1) is 8.67. The molecule has 1 aromatic carbocycles. The fourth-order valence-electron chi connectivity index (χ4n) is 1.56. The van der Waals surface area contributed by atoms with E-state index >= 15 is 0 Å². The molecule has 4 heteroatoms. The fourth-order valence-corrected chi connectivity index (χ4v) is 1.56. The summed E-state index contributed by atoms with van der Waals surface area (Å²) in [7, 11) is 1.64. The van der Waals surface area contributed by atoms with E-state index < -0.39 is 0 Å². The zero-order chi connectivity index (χ0) is 13.4. The number of rotatable bonds is 7. The smallest absolute Gasteiger partial charge is 0.224 e. The SMILES string of the molecule is CCNCC(C)C(=O)NCc1ccc(OC)cc1. The highest BCUT2D eigenvalue weighted by atomic mass is 16.5. The van der Waals surface area contributed by atoms with Crippen LogP contribution in [0.25, 0.3) is 0 Å². The van der Waals surface area contributed by atoms with E-state index in [-0.39, 0.29) is 11.8 Å². The van der Waals surface area contributed by atoms with Crippen molar-refractivity contribution in [2.75, 3.05) is 20.2 Å². The first-order valence-corrected chi connectivity index (χ1v) is 6.28. The van der Waals surface area contributed by atoms with Crippen LogP contribution in [0.5, 0.6) is 5.75 Å². The normalized spacial score (nSPS) is 11.9. The quantitative estimate of drug-likeness (QED) is 0.772. The van der Waals surface area contributed by atoms with Crippen molar-refractivity contribution in [3.05, 3.63) is 29.8 Å². The van der Waals surface area contributed by atoms with Crippen molar-refractivity contribution in [3.8, 4) is 5.75 Å². The van der Waals surface area contributed by atoms with Crippen LogP contribution in [0.1, 0.15) is 19.4 Å². The van der Waals surface area contributed by atoms with Crippen LogP contribution in [-0.4, -0.2) is 26.1 Å². The van der Waals surface area contributed by atoms with Crippen molar-refractivity contribution in [1.29, 1.82) is 0 Å². The lowest BCUT2D eigenvalue weighted by atomic mass is 10.1. The number of methoxy groups -OCH3 is 1. The highest BCUT2D eigenvalue weighted by molar-refractivity contribution is 5.78. The molecule has 0 spiro atoms. The molecule has 0 saturated heterocycles. The van der Waals surface area contributed by atoms with Crippen LogP contribution in [0.15, 0.2) is 24.3 Å². The van der Waals surface area contributed by atoms with Crippen molar-refractivity contribution in [2.24, 2.45) is 5.92 Å². The Morgan fingerprint density at radius 2 is 2.00 bits per heavy atom. The molecule has 0 aliphatic carbocycles. The van der Waals surface area contributed by atoms with Gasteiger partial charge in [0.05, 0.1) is 7.11 Å². The highest BCUT2D eigenvalue weighted by Gasteiger charge is 2.11. The summed E-state index contributed by atoms with van der Waals surface area (Å²) in [4.78, 5) is 11.8. The van der Waals surface area contributed by atoms with Crippen molar-refractivity contribution in [3.63, 3.8) is 0 Å². The molecule has 1 unspecified atom stereocenters. The number of ether oxygens (including phenoxy) is 1. The lowest BCUT2D eigenvalue weighted by molar-refractivity contribution is -0.124. The maximum Gasteiger partial charge on any atom is 0.224 e. The predicted molar refractivity (Wildman–Crippen MR) is 72.5 cm³/mol. The summed E-state index contributed by atoms with van der Waals surface area (Å²) in [6.45, 7) is 6.11. The van der Waals surface area contributed by atoms with Crippen LogP contribution in [0.3, 0.4) is 0 Å². The van der Waals surface area contributed by atoms with Gasteiger partial charge in [-0.3, -0.25) is 4.79 Å². The van der Waals surface area contributed by atoms with E-state index in [1.54, 1.807) is 7.11 Å². The molecular weight excluding hydrogens is 228 g/mol. The number of amides is 1. The minimum atomic E-state index is -0.0109. The van der Waals surface area contributed by atoms with Gasteiger partial charge in [0.2, 0.25) is 5.91 Å². The Balaban J connectivity index is 2.37. The van der Waals surface area contributed by atoms with Gasteiger partial charge in [-0.2, -0.15) is 0 Å². The summed E-state index contributed by atoms with van der Waals surface area (Å²) in [5, 5.41) is 6.09.